The van der Waals surface area contributed by atoms with Crippen molar-refractivity contribution in [1.29, 1.82) is 0 Å². The van der Waals surface area contributed by atoms with Gasteiger partial charge in [0.05, 0.1) is 26.8 Å². The number of nitrogens with zero attached hydrogens (tertiary/aromatic N) is 2. The molecule has 0 saturated heterocycles. The van der Waals surface area contributed by atoms with Crippen molar-refractivity contribution < 1.29 is 23.8 Å². The second-order valence-electron chi connectivity index (χ2n) is 11.0. The van der Waals surface area contributed by atoms with E-state index in [0.717, 1.165) is 33.0 Å². The molecule has 3 heterocycles. The van der Waals surface area contributed by atoms with Crippen LogP contribution in [0.25, 0.3) is 21.7 Å². The summed E-state index contributed by atoms with van der Waals surface area (Å²) in [6.45, 7) is 3.33. The standard InChI is InChI=1S/C35H34N4O6/c1-5-36-34-22(12-21-13-23(43-2)10-11-28(21)37-34)14-27-25-15-31(44-3)32(45-4)16-26(25)29(38-35(27)42)18-39-17-20-8-6-7-9-24(20)33(39)30(41)19-40/h6-13,15-16,19,33H,5,14,17-18H2,1-4H3,(H,36,37)(H,38,42). The van der Waals surface area contributed by atoms with Gasteiger partial charge in [-0.15, -0.1) is 0 Å². The van der Waals surface area contributed by atoms with Crippen molar-refractivity contribution in [2.45, 2.75) is 32.5 Å². The zero-order chi connectivity index (χ0) is 31.7. The molecule has 3 aromatic carbocycles. The predicted octanol–water partition coefficient (Wildman–Crippen LogP) is 4.95. The number of benzene rings is 3. The van der Waals surface area contributed by atoms with Crippen molar-refractivity contribution in [3.05, 3.63) is 99.0 Å². The summed E-state index contributed by atoms with van der Waals surface area (Å²) in [5.74, 6) is 1.86. The van der Waals surface area contributed by atoms with Gasteiger partial charge in [0.15, 0.2) is 17.8 Å². The number of aldehydes is 1. The zero-order valence-corrected chi connectivity index (χ0v) is 25.6. The smallest absolute Gasteiger partial charge is 0.252 e. The molecule has 2 aromatic heterocycles. The second-order valence-corrected chi connectivity index (χ2v) is 11.0. The van der Waals surface area contributed by atoms with Gasteiger partial charge in [-0.2, -0.15) is 0 Å². The summed E-state index contributed by atoms with van der Waals surface area (Å²) in [5.41, 5.74) is 4.28. The number of carbonyl (C=O) groups excluding carboxylic acids is 2. The Balaban J connectivity index is 1.50. The number of fused-ring (bicyclic) bond motifs is 3. The van der Waals surface area contributed by atoms with Crippen LogP contribution >= 0.6 is 0 Å². The summed E-state index contributed by atoms with van der Waals surface area (Å²) >= 11 is 0. The number of ether oxygens (including phenoxy) is 3. The molecule has 0 fully saturated rings. The lowest BCUT2D eigenvalue weighted by Crippen LogP contribution is -2.30. The third-order valence-electron chi connectivity index (χ3n) is 8.36. The first-order valence-corrected chi connectivity index (χ1v) is 14.7. The largest absolute Gasteiger partial charge is 0.497 e. The first kappa shape index (κ1) is 29.8. The average Bonchev–Trinajstić information content (AvgIpc) is 3.43. The number of carbonyl (C=O) groups is 2. The number of aromatic amines is 1. The Hall–Kier alpha value is -5.22. The fourth-order valence-electron chi connectivity index (χ4n) is 6.25. The Morgan fingerprint density at radius 2 is 1.78 bits per heavy atom. The molecular weight excluding hydrogens is 572 g/mol. The van der Waals surface area contributed by atoms with E-state index in [1.807, 2.05) is 72.5 Å². The highest BCUT2D eigenvalue weighted by Gasteiger charge is 2.35. The first-order chi connectivity index (χ1) is 21.9. The van der Waals surface area contributed by atoms with E-state index < -0.39 is 11.8 Å². The maximum Gasteiger partial charge on any atom is 0.252 e. The number of aromatic nitrogens is 2. The lowest BCUT2D eigenvalue weighted by atomic mass is 9.97. The Bertz CT molecular complexity index is 2000. The maximum absolute atomic E-state index is 14.0. The number of methoxy groups -OCH3 is 3. The molecule has 1 aliphatic rings. The molecule has 1 unspecified atom stereocenters. The number of ketones is 1. The van der Waals surface area contributed by atoms with Gasteiger partial charge < -0.3 is 24.5 Å². The van der Waals surface area contributed by atoms with Gasteiger partial charge >= 0.3 is 0 Å². The van der Waals surface area contributed by atoms with Crippen molar-refractivity contribution in [3.63, 3.8) is 0 Å². The Morgan fingerprint density at radius 3 is 2.49 bits per heavy atom. The van der Waals surface area contributed by atoms with Crippen molar-refractivity contribution in [2.75, 3.05) is 33.2 Å². The minimum Gasteiger partial charge on any atom is -0.497 e. The van der Waals surface area contributed by atoms with Crippen LogP contribution in [0.4, 0.5) is 5.82 Å². The van der Waals surface area contributed by atoms with E-state index in [-0.39, 0.29) is 18.5 Å². The molecule has 10 nitrogen and oxygen atoms in total. The third-order valence-corrected chi connectivity index (χ3v) is 8.36. The average molecular weight is 607 g/mol. The van der Waals surface area contributed by atoms with E-state index in [4.69, 9.17) is 19.2 Å². The van der Waals surface area contributed by atoms with Gasteiger partial charge in [-0.3, -0.25) is 19.3 Å². The van der Waals surface area contributed by atoms with Gasteiger partial charge in [0, 0.05) is 48.1 Å². The number of H-pyrrole nitrogens is 1. The highest BCUT2D eigenvalue weighted by molar-refractivity contribution is 6.27. The van der Waals surface area contributed by atoms with E-state index in [1.165, 1.54) is 0 Å². The van der Waals surface area contributed by atoms with Crippen LogP contribution < -0.4 is 25.1 Å². The summed E-state index contributed by atoms with van der Waals surface area (Å²) in [6.07, 6.45) is 0.651. The van der Waals surface area contributed by atoms with Crippen molar-refractivity contribution in [1.82, 2.24) is 14.9 Å². The SMILES string of the molecule is CCNc1nc2ccc(OC)cc2cc1Cc1c(=O)[nH]c(CN2Cc3ccccc3C2C(=O)C=O)c2cc(OC)c(OC)cc12. The van der Waals surface area contributed by atoms with Crippen LogP contribution in [-0.2, 0) is 29.1 Å². The number of rotatable bonds is 11. The molecule has 0 bridgehead atoms. The molecule has 6 rings (SSSR count). The molecule has 230 valence electrons. The van der Waals surface area contributed by atoms with Gasteiger partial charge in [0.1, 0.15) is 17.6 Å². The van der Waals surface area contributed by atoms with E-state index in [9.17, 15) is 14.4 Å². The zero-order valence-electron chi connectivity index (χ0n) is 25.6. The number of nitrogens with one attached hydrogen (secondary N) is 2. The number of hydrogen-bond acceptors (Lipinski definition) is 9. The van der Waals surface area contributed by atoms with Gasteiger partial charge in [-0.05, 0) is 65.4 Å². The topological polar surface area (TPSA) is 123 Å². The molecule has 2 N–H and O–H groups in total. The molecular formula is C35H34N4O6. The predicted molar refractivity (Wildman–Crippen MR) is 172 cm³/mol. The lowest BCUT2D eigenvalue weighted by molar-refractivity contribution is -0.133. The molecule has 0 radical (unpaired) electrons. The number of pyridine rings is 2. The summed E-state index contributed by atoms with van der Waals surface area (Å²) < 4.78 is 16.7. The molecule has 10 heteroatoms. The summed E-state index contributed by atoms with van der Waals surface area (Å²) in [5, 5.41) is 5.67. The molecule has 0 spiro atoms. The molecule has 1 aliphatic heterocycles. The van der Waals surface area contributed by atoms with E-state index >= 15 is 0 Å². The van der Waals surface area contributed by atoms with Crippen molar-refractivity contribution in [2.24, 2.45) is 0 Å². The third kappa shape index (κ3) is 5.49. The van der Waals surface area contributed by atoms with Gasteiger partial charge in [-0.25, -0.2) is 4.98 Å². The Morgan fingerprint density at radius 1 is 1.02 bits per heavy atom. The highest BCUT2D eigenvalue weighted by atomic mass is 16.5. The van der Waals surface area contributed by atoms with Crippen LogP contribution in [0.15, 0.2) is 65.5 Å². The molecule has 45 heavy (non-hydrogen) atoms. The summed E-state index contributed by atoms with van der Waals surface area (Å²) in [6, 6.07) is 18.2. The van der Waals surface area contributed by atoms with Crippen molar-refractivity contribution >= 4 is 39.6 Å². The van der Waals surface area contributed by atoms with Crippen LogP contribution in [0, 0.1) is 0 Å². The van der Waals surface area contributed by atoms with E-state index in [2.05, 4.69) is 10.3 Å². The van der Waals surface area contributed by atoms with Crippen LogP contribution in [-0.4, -0.2) is 54.8 Å². The monoisotopic (exact) mass is 606 g/mol. The highest BCUT2D eigenvalue weighted by Crippen LogP contribution is 2.39. The molecule has 0 aliphatic carbocycles. The second kappa shape index (κ2) is 12.4. The van der Waals surface area contributed by atoms with Crippen LogP contribution in [0.2, 0.25) is 0 Å². The molecule has 0 amide bonds. The summed E-state index contributed by atoms with van der Waals surface area (Å²) in [7, 11) is 4.73. The Kier molecular flexibility index (Phi) is 8.23. The summed E-state index contributed by atoms with van der Waals surface area (Å²) in [4.78, 5) is 48.3. The van der Waals surface area contributed by atoms with Crippen LogP contribution in [0.1, 0.15) is 40.9 Å². The number of hydrogen-bond donors (Lipinski definition) is 2. The molecule has 1 atom stereocenters. The maximum atomic E-state index is 14.0. The first-order valence-electron chi connectivity index (χ1n) is 14.7. The lowest BCUT2D eigenvalue weighted by Gasteiger charge is -2.24. The quantitative estimate of drug-likeness (QED) is 0.159. The minimum atomic E-state index is -0.736. The van der Waals surface area contributed by atoms with E-state index in [0.29, 0.717) is 59.1 Å². The normalized spacial score (nSPS) is 14.4. The van der Waals surface area contributed by atoms with Crippen LogP contribution in [0.5, 0.6) is 17.2 Å². The van der Waals surface area contributed by atoms with Gasteiger partial charge in [0.25, 0.3) is 5.56 Å². The molecule has 0 saturated carbocycles. The fraction of sp³-hybridized carbons (Fsp3) is 0.257. The van der Waals surface area contributed by atoms with Crippen molar-refractivity contribution in [3.8, 4) is 17.2 Å². The van der Waals surface area contributed by atoms with Gasteiger partial charge in [0.2, 0.25) is 5.78 Å². The molecule has 5 aromatic rings. The van der Waals surface area contributed by atoms with Crippen LogP contribution in [0.3, 0.4) is 0 Å². The number of anilines is 1. The Labute approximate surface area is 259 Å². The number of Topliss-reactive ketones (excluding diaryl/α,β-unsaturated/α-hetero) is 1. The fourth-order valence-corrected chi connectivity index (χ4v) is 6.25. The van der Waals surface area contributed by atoms with E-state index in [1.54, 1.807) is 21.3 Å². The van der Waals surface area contributed by atoms with Gasteiger partial charge in [-0.1, -0.05) is 24.3 Å². The minimum absolute atomic E-state index is 0.223.